The van der Waals surface area contributed by atoms with Crippen LogP contribution in [0.25, 0.3) is 5.69 Å². The van der Waals surface area contributed by atoms with Gasteiger partial charge >= 0.3 is 5.97 Å². The summed E-state index contributed by atoms with van der Waals surface area (Å²) in [6.07, 6.45) is 5.69. The van der Waals surface area contributed by atoms with Crippen molar-refractivity contribution in [1.29, 1.82) is 0 Å². The number of aromatic nitrogens is 3. The van der Waals surface area contributed by atoms with Crippen LogP contribution in [0.5, 0.6) is 0 Å². The SMILES string of the molecule is C[C@@H]1C2CC(C2)N(C(=O)c2cc(F)ccc2-n2nccn2)[C@@H]1CCC(=O)OC(C)(C)C. The van der Waals surface area contributed by atoms with Gasteiger partial charge in [-0.2, -0.15) is 15.0 Å². The minimum Gasteiger partial charge on any atom is -0.460 e. The third kappa shape index (κ3) is 4.34. The normalized spacial score (nSPS) is 25.1. The van der Waals surface area contributed by atoms with Crippen molar-refractivity contribution in [3.8, 4) is 5.69 Å². The zero-order valence-electron chi connectivity index (χ0n) is 18.4. The molecule has 7 nitrogen and oxygen atoms in total. The fraction of sp³-hybridized carbons (Fsp3) is 0.565. The fourth-order valence-electron chi connectivity index (χ4n) is 4.83. The van der Waals surface area contributed by atoms with Crippen LogP contribution in [0.3, 0.4) is 0 Å². The Hall–Kier alpha value is -2.77. The lowest BCUT2D eigenvalue weighted by atomic mass is 9.64. The second-order valence-corrected chi connectivity index (χ2v) is 9.63. The minimum absolute atomic E-state index is 0.0979. The number of carbonyl (C=O) groups is 2. The van der Waals surface area contributed by atoms with Crippen LogP contribution in [0.2, 0.25) is 0 Å². The van der Waals surface area contributed by atoms with Gasteiger partial charge in [-0.05, 0) is 70.1 Å². The summed E-state index contributed by atoms with van der Waals surface area (Å²) in [5.74, 6) is -0.177. The third-order valence-electron chi connectivity index (χ3n) is 6.37. The first-order chi connectivity index (χ1) is 14.6. The minimum atomic E-state index is -0.542. The predicted octanol–water partition coefficient (Wildman–Crippen LogP) is 3.77. The molecule has 2 aromatic rings. The van der Waals surface area contributed by atoms with E-state index >= 15 is 0 Å². The van der Waals surface area contributed by atoms with Gasteiger partial charge < -0.3 is 9.64 Å². The molecule has 31 heavy (non-hydrogen) atoms. The van der Waals surface area contributed by atoms with Gasteiger partial charge in [0.05, 0.1) is 23.6 Å². The van der Waals surface area contributed by atoms with E-state index in [0.29, 0.717) is 18.0 Å². The van der Waals surface area contributed by atoms with Crippen LogP contribution in [0, 0.1) is 17.7 Å². The molecular weight excluding hydrogens is 399 g/mol. The Balaban J connectivity index is 1.60. The number of carbonyl (C=O) groups excluding carboxylic acids is 2. The lowest BCUT2D eigenvalue weighted by molar-refractivity contribution is -0.156. The summed E-state index contributed by atoms with van der Waals surface area (Å²) in [6.45, 7) is 7.66. The molecule has 2 aliphatic heterocycles. The van der Waals surface area contributed by atoms with Crippen LogP contribution < -0.4 is 0 Å². The number of fused-ring (bicyclic) bond motifs is 2. The molecular formula is C23H29FN4O3. The van der Waals surface area contributed by atoms with Crippen molar-refractivity contribution in [3.63, 3.8) is 0 Å². The number of benzene rings is 1. The highest BCUT2D eigenvalue weighted by Gasteiger charge is 2.50. The maximum atomic E-state index is 14.1. The molecule has 1 aromatic heterocycles. The van der Waals surface area contributed by atoms with Crippen LogP contribution in [-0.2, 0) is 9.53 Å². The Kier molecular flexibility index (Phi) is 5.58. The van der Waals surface area contributed by atoms with Gasteiger partial charge in [-0.25, -0.2) is 4.39 Å². The van der Waals surface area contributed by atoms with Crippen LogP contribution in [0.1, 0.15) is 63.7 Å². The molecule has 0 unspecified atom stereocenters. The van der Waals surface area contributed by atoms with E-state index in [0.717, 1.165) is 12.8 Å². The Labute approximate surface area is 181 Å². The Morgan fingerprint density at radius 1 is 1.19 bits per heavy atom. The fourth-order valence-corrected chi connectivity index (χ4v) is 4.83. The van der Waals surface area contributed by atoms with E-state index in [2.05, 4.69) is 17.1 Å². The van der Waals surface area contributed by atoms with E-state index in [1.807, 2.05) is 25.7 Å². The van der Waals surface area contributed by atoms with Crippen molar-refractivity contribution in [1.82, 2.24) is 19.9 Å². The second kappa shape index (κ2) is 8.05. The van der Waals surface area contributed by atoms with Crippen molar-refractivity contribution in [2.24, 2.45) is 11.8 Å². The van der Waals surface area contributed by atoms with Gasteiger partial charge in [0.2, 0.25) is 0 Å². The van der Waals surface area contributed by atoms with Crippen LogP contribution in [-0.4, -0.2) is 49.5 Å². The van der Waals surface area contributed by atoms with E-state index in [4.69, 9.17) is 4.74 Å². The van der Waals surface area contributed by atoms with Crippen molar-refractivity contribution < 1.29 is 18.7 Å². The summed E-state index contributed by atoms with van der Waals surface area (Å²) in [6, 6.07) is 4.09. The molecule has 2 atom stereocenters. The maximum Gasteiger partial charge on any atom is 0.306 e. The van der Waals surface area contributed by atoms with Crippen molar-refractivity contribution in [2.45, 2.75) is 71.1 Å². The Morgan fingerprint density at radius 3 is 2.52 bits per heavy atom. The van der Waals surface area contributed by atoms with Gasteiger partial charge in [0.1, 0.15) is 11.4 Å². The second-order valence-electron chi connectivity index (χ2n) is 9.63. The molecule has 1 aliphatic carbocycles. The highest BCUT2D eigenvalue weighted by Crippen LogP contribution is 2.48. The smallest absolute Gasteiger partial charge is 0.306 e. The molecule has 3 aliphatic rings. The quantitative estimate of drug-likeness (QED) is 0.678. The number of rotatable bonds is 5. The van der Waals surface area contributed by atoms with Crippen LogP contribution >= 0.6 is 0 Å². The van der Waals surface area contributed by atoms with Gasteiger partial charge in [0, 0.05) is 18.5 Å². The highest BCUT2D eigenvalue weighted by atomic mass is 19.1. The molecule has 1 saturated carbocycles. The molecule has 0 radical (unpaired) electrons. The van der Waals surface area contributed by atoms with E-state index in [-0.39, 0.29) is 41.9 Å². The van der Waals surface area contributed by atoms with Crippen molar-refractivity contribution >= 4 is 11.9 Å². The predicted molar refractivity (Wildman–Crippen MR) is 112 cm³/mol. The third-order valence-corrected chi connectivity index (χ3v) is 6.37. The van der Waals surface area contributed by atoms with Gasteiger partial charge in [-0.15, -0.1) is 0 Å². The summed E-state index contributed by atoms with van der Waals surface area (Å²) in [7, 11) is 0. The average molecular weight is 429 g/mol. The molecule has 5 rings (SSSR count). The molecule has 3 fully saturated rings. The molecule has 2 saturated heterocycles. The summed E-state index contributed by atoms with van der Waals surface area (Å²) >= 11 is 0. The molecule has 166 valence electrons. The van der Waals surface area contributed by atoms with Crippen molar-refractivity contribution in [2.75, 3.05) is 0 Å². The number of hydrogen-bond acceptors (Lipinski definition) is 5. The number of hydrogen-bond donors (Lipinski definition) is 0. The van der Waals surface area contributed by atoms with Gasteiger partial charge in [0.25, 0.3) is 5.91 Å². The number of nitrogens with zero attached hydrogens (tertiary/aromatic N) is 4. The van der Waals surface area contributed by atoms with E-state index in [9.17, 15) is 14.0 Å². The summed E-state index contributed by atoms with van der Waals surface area (Å²) in [5.41, 5.74) is 0.132. The van der Waals surface area contributed by atoms with Crippen LogP contribution in [0.15, 0.2) is 30.6 Å². The van der Waals surface area contributed by atoms with E-state index in [1.54, 1.807) is 0 Å². The molecule has 3 heterocycles. The number of esters is 1. The topological polar surface area (TPSA) is 77.3 Å². The van der Waals surface area contributed by atoms with Gasteiger partial charge in [0.15, 0.2) is 0 Å². The summed E-state index contributed by atoms with van der Waals surface area (Å²) in [5, 5.41) is 8.22. The molecule has 8 heteroatoms. The lowest BCUT2D eigenvalue weighted by Gasteiger charge is -2.57. The van der Waals surface area contributed by atoms with Crippen LogP contribution in [0.4, 0.5) is 4.39 Å². The maximum absolute atomic E-state index is 14.1. The molecule has 0 spiro atoms. The number of halogens is 1. The number of ether oxygens (including phenoxy) is 1. The van der Waals surface area contributed by atoms with Gasteiger partial charge in [-0.1, -0.05) is 6.92 Å². The first kappa shape index (κ1) is 21.5. The van der Waals surface area contributed by atoms with E-state index in [1.165, 1.54) is 35.4 Å². The molecule has 1 amide bonds. The first-order valence-corrected chi connectivity index (χ1v) is 10.8. The summed E-state index contributed by atoms with van der Waals surface area (Å²) < 4.78 is 19.6. The zero-order chi connectivity index (χ0) is 22.3. The summed E-state index contributed by atoms with van der Waals surface area (Å²) in [4.78, 5) is 29.2. The number of amides is 1. The van der Waals surface area contributed by atoms with Crippen molar-refractivity contribution in [3.05, 3.63) is 42.0 Å². The molecule has 0 N–H and O–H groups in total. The average Bonchev–Trinajstić information content (AvgIpc) is 3.18. The highest BCUT2D eigenvalue weighted by molar-refractivity contribution is 5.98. The monoisotopic (exact) mass is 428 g/mol. The standard InChI is InChI=1S/C23H29FN4O3/c1-14-15-11-17(12-15)27(19(14)7-8-21(29)31-23(2,3)4)22(30)18-13-16(24)5-6-20(18)28-25-9-10-26-28/h5-6,9-10,13-15,17,19H,7-8,11-12H2,1-4H3/t14-,15?,17?,19-/m1/s1. The first-order valence-electron chi connectivity index (χ1n) is 10.8. The molecule has 2 bridgehead atoms. The largest absolute Gasteiger partial charge is 0.460 e. The zero-order valence-corrected chi connectivity index (χ0v) is 18.4. The lowest BCUT2D eigenvalue weighted by Crippen LogP contribution is -2.63. The Bertz CT molecular complexity index is 964. The van der Waals surface area contributed by atoms with E-state index < -0.39 is 11.4 Å². The number of piperidine rings is 2. The Morgan fingerprint density at radius 2 is 1.87 bits per heavy atom. The van der Waals surface area contributed by atoms with Gasteiger partial charge in [-0.3, -0.25) is 9.59 Å². The molecule has 1 aromatic carbocycles.